The first-order chi connectivity index (χ1) is 18.3. The minimum atomic E-state index is -4.62. The molecule has 9 nitrogen and oxygen atoms in total. The average molecular weight is 547 g/mol. The number of rotatable bonds is 8. The number of carbonyl (C=O) groups is 1. The Labute approximate surface area is 224 Å². The van der Waals surface area contributed by atoms with Gasteiger partial charge in [-0.1, -0.05) is 26.0 Å². The van der Waals surface area contributed by atoms with Gasteiger partial charge in [-0.3, -0.25) is 14.5 Å². The van der Waals surface area contributed by atoms with Crippen LogP contribution >= 0.6 is 0 Å². The lowest BCUT2D eigenvalue weighted by molar-refractivity contribution is -0.141. The molecule has 2 aromatic heterocycles. The molecule has 12 heteroatoms. The maximum Gasteiger partial charge on any atom is 0.406 e. The van der Waals surface area contributed by atoms with Crippen molar-refractivity contribution in [3.63, 3.8) is 0 Å². The summed E-state index contributed by atoms with van der Waals surface area (Å²) in [6, 6.07) is 8.55. The van der Waals surface area contributed by atoms with Gasteiger partial charge in [0.05, 0.1) is 12.7 Å². The van der Waals surface area contributed by atoms with Crippen molar-refractivity contribution in [2.75, 3.05) is 25.0 Å². The topological polar surface area (TPSA) is 94.3 Å². The van der Waals surface area contributed by atoms with E-state index in [0.717, 1.165) is 11.4 Å². The number of anilines is 1. The number of carbonyl (C=O) groups excluding carboxylic acids is 1. The van der Waals surface area contributed by atoms with E-state index in [-0.39, 0.29) is 23.6 Å². The second-order valence-corrected chi connectivity index (χ2v) is 10.7. The van der Waals surface area contributed by atoms with Crippen molar-refractivity contribution in [3.05, 3.63) is 75.7 Å². The number of aromatic nitrogens is 4. The van der Waals surface area contributed by atoms with Crippen LogP contribution in [-0.2, 0) is 36.7 Å². The van der Waals surface area contributed by atoms with E-state index in [4.69, 9.17) is 4.74 Å². The summed E-state index contributed by atoms with van der Waals surface area (Å²) in [5.41, 5.74) is 0.0720. The Morgan fingerprint density at radius 3 is 2.67 bits per heavy atom. The van der Waals surface area contributed by atoms with Crippen LogP contribution in [0.1, 0.15) is 48.1 Å². The molecule has 1 atom stereocenters. The van der Waals surface area contributed by atoms with Crippen molar-refractivity contribution in [3.8, 4) is 0 Å². The Morgan fingerprint density at radius 1 is 1.23 bits per heavy atom. The average Bonchev–Trinajstić information content (AvgIpc) is 3.23. The summed E-state index contributed by atoms with van der Waals surface area (Å²) in [5, 5.41) is 10.8. The zero-order valence-corrected chi connectivity index (χ0v) is 22.5. The molecule has 1 aliphatic rings. The zero-order valence-electron chi connectivity index (χ0n) is 22.5. The van der Waals surface area contributed by atoms with Crippen LogP contribution < -0.4 is 10.9 Å². The summed E-state index contributed by atoms with van der Waals surface area (Å²) in [6.45, 7) is 6.49. The van der Waals surface area contributed by atoms with E-state index in [1.54, 1.807) is 24.5 Å². The van der Waals surface area contributed by atoms with Gasteiger partial charge in [0.25, 0.3) is 11.5 Å². The highest BCUT2D eigenvalue weighted by atomic mass is 19.4. The molecule has 1 amide bonds. The minimum Gasteiger partial charge on any atom is -0.376 e. The summed E-state index contributed by atoms with van der Waals surface area (Å²) in [5.74, 6) is 0.0301. The molecule has 210 valence electrons. The number of alkyl halides is 3. The number of halogens is 3. The SMILES string of the molecule is C[C@@H]1CN(Cc2cc(C(=O)Nc3cccc(C(C)(C)Cc4nncn4C)c3)c(=O)n(CC(F)(F)F)c2)CCO1. The molecule has 0 spiro atoms. The van der Waals surface area contributed by atoms with E-state index in [9.17, 15) is 22.8 Å². The number of nitrogens with zero attached hydrogens (tertiary/aromatic N) is 5. The Morgan fingerprint density at radius 2 is 2.00 bits per heavy atom. The molecule has 4 rings (SSSR count). The van der Waals surface area contributed by atoms with Crippen molar-refractivity contribution in [2.24, 2.45) is 7.05 Å². The highest BCUT2D eigenvalue weighted by Gasteiger charge is 2.30. The second kappa shape index (κ2) is 11.3. The van der Waals surface area contributed by atoms with Gasteiger partial charge >= 0.3 is 6.18 Å². The van der Waals surface area contributed by atoms with Gasteiger partial charge in [-0.15, -0.1) is 10.2 Å². The summed E-state index contributed by atoms with van der Waals surface area (Å²) in [7, 11) is 1.86. The van der Waals surface area contributed by atoms with Crippen LogP contribution in [0.2, 0.25) is 0 Å². The molecule has 3 aromatic rings. The number of pyridine rings is 1. The van der Waals surface area contributed by atoms with Crippen LogP contribution in [0.15, 0.2) is 47.7 Å². The molecule has 1 N–H and O–H groups in total. The van der Waals surface area contributed by atoms with Gasteiger partial charge in [-0.05, 0) is 41.7 Å². The quantitative estimate of drug-likeness (QED) is 0.465. The third-order valence-electron chi connectivity index (χ3n) is 6.78. The van der Waals surface area contributed by atoms with Gasteiger partial charge in [-0.25, -0.2) is 0 Å². The fourth-order valence-corrected chi connectivity index (χ4v) is 4.73. The molecule has 1 aliphatic heterocycles. The Kier molecular flexibility index (Phi) is 8.26. The molecule has 0 bridgehead atoms. The third kappa shape index (κ3) is 7.33. The van der Waals surface area contributed by atoms with E-state index in [1.807, 2.05) is 43.4 Å². The Hall–Kier alpha value is -3.51. The monoisotopic (exact) mass is 546 g/mol. The third-order valence-corrected chi connectivity index (χ3v) is 6.78. The van der Waals surface area contributed by atoms with E-state index < -0.39 is 24.2 Å². The normalized spacial score (nSPS) is 16.8. The van der Waals surface area contributed by atoms with Crippen molar-refractivity contribution < 1.29 is 22.7 Å². The van der Waals surface area contributed by atoms with E-state index in [2.05, 4.69) is 15.5 Å². The van der Waals surface area contributed by atoms with Crippen molar-refractivity contribution in [1.82, 2.24) is 24.2 Å². The van der Waals surface area contributed by atoms with Gasteiger partial charge in [-0.2, -0.15) is 13.2 Å². The fraction of sp³-hybridized carbons (Fsp3) is 0.481. The van der Waals surface area contributed by atoms with E-state index in [1.165, 1.54) is 12.3 Å². The number of morpholine rings is 1. The van der Waals surface area contributed by atoms with Crippen LogP contribution in [0.3, 0.4) is 0 Å². The molecular formula is C27H33F3N6O3. The lowest BCUT2D eigenvalue weighted by atomic mass is 9.81. The first kappa shape index (κ1) is 28.5. The predicted octanol–water partition coefficient (Wildman–Crippen LogP) is 3.53. The molecule has 1 fully saturated rings. The smallest absolute Gasteiger partial charge is 0.376 e. The number of hydrogen-bond donors (Lipinski definition) is 1. The number of aryl methyl sites for hydroxylation is 1. The summed E-state index contributed by atoms with van der Waals surface area (Å²) in [4.78, 5) is 28.2. The van der Waals surface area contributed by atoms with E-state index in [0.29, 0.717) is 41.9 Å². The standard InChI is InChI=1S/C27H33F3N6O3/c1-18-13-35(8-9-39-18)14-19-10-22(25(38)36(15-19)16-27(28,29)30)24(37)32-21-7-5-6-20(11-21)26(2,3)12-23-33-31-17-34(23)4/h5-7,10-11,15,17-18H,8-9,12-14,16H2,1-4H3,(H,32,37)/t18-/m1/s1. The summed E-state index contributed by atoms with van der Waals surface area (Å²) < 4.78 is 47.7. The Balaban J connectivity index is 1.60. The van der Waals surface area contributed by atoms with E-state index >= 15 is 0 Å². The molecular weight excluding hydrogens is 513 g/mol. The van der Waals surface area contributed by atoms with Crippen LogP contribution in [-0.4, -0.2) is 62.1 Å². The summed E-state index contributed by atoms with van der Waals surface area (Å²) >= 11 is 0. The van der Waals surface area contributed by atoms with Gasteiger partial charge in [0.2, 0.25) is 0 Å². The van der Waals surface area contributed by atoms with Crippen LogP contribution in [0.25, 0.3) is 0 Å². The predicted molar refractivity (Wildman–Crippen MR) is 140 cm³/mol. The molecule has 39 heavy (non-hydrogen) atoms. The molecule has 0 radical (unpaired) electrons. The molecule has 3 heterocycles. The van der Waals surface area contributed by atoms with Gasteiger partial charge in [0.15, 0.2) is 0 Å². The highest BCUT2D eigenvalue weighted by molar-refractivity contribution is 6.04. The first-order valence-corrected chi connectivity index (χ1v) is 12.7. The highest BCUT2D eigenvalue weighted by Crippen LogP contribution is 2.29. The lowest BCUT2D eigenvalue weighted by Gasteiger charge is -2.31. The number of benzene rings is 1. The maximum absolute atomic E-state index is 13.3. The maximum atomic E-state index is 13.3. The molecule has 0 aliphatic carbocycles. The van der Waals surface area contributed by atoms with Crippen molar-refractivity contribution in [2.45, 2.75) is 58.0 Å². The second-order valence-electron chi connectivity index (χ2n) is 10.7. The number of nitrogens with one attached hydrogen (secondary N) is 1. The molecule has 1 aromatic carbocycles. The molecule has 0 saturated carbocycles. The first-order valence-electron chi connectivity index (χ1n) is 12.7. The van der Waals surface area contributed by atoms with Crippen LogP contribution in [0.4, 0.5) is 18.9 Å². The molecule has 0 unspecified atom stereocenters. The number of hydrogen-bond acceptors (Lipinski definition) is 6. The number of amides is 1. The molecule has 1 saturated heterocycles. The van der Waals surface area contributed by atoms with Crippen LogP contribution in [0.5, 0.6) is 0 Å². The zero-order chi connectivity index (χ0) is 28.4. The summed E-state index contributed by atoms with van der Waals surface area (Å²) in [6.07, 6.45) is -1.24. The Bertz CT molecular complexity index is 1380. The fourth-order valence-electron chi connectivity index (χ4n) is 4.73. The van der Waals surface area contributed by atoms with Gasteiger partial charge in [0.1, 0.15) is 24.3 Å². The van der Waals surface area contributed by atoms with Crippen molar-refractivity contribution in [1.29, 1.82) is 0 Å². The van der Waals surface area contributed by atoms with Crippen LogP contribution in [0, 0.1) is 0 Å². The van der Waals surface area contributed by atoms with Gasteiger partial charge in [0, 0.05) is 45.0 Å². The van der Waals surface area contributed by atoms with Crippen molar-refractivity contribution >= 4 is 11.6 Å². The minimum absolute atomic E-state index is 0.0206. The number of ether oxygens (including phenoxy) is 1. The largest absolute Gasteiger partial charge is 0.406 e. The lowest BCUT2D eigenvalue weighted by Crippen LogP contribution is -2.41. The van der Waals surface area contributed by atoms with Gasteiger partial charge < -0.3 is 19.2 Å².